The Bertz CT molecular complexity index is 999. The predicted molar refractivity (Wildman–Crippen MR) is 117 cm³/mol. The van der Waals surface area contributed by atoms with Crippen LogP contribution in [0.3, 0.4) is 0 Å². The molecular formula is C23H21Cl2NO3. The lowest BCUT2D eigenvalue weighted by molar-refractivity contribution is -0.126. The molecule has 0 saturated heterocycles. The summed E-state index contributed by atoms with van der Waals surface area (Å²) in [5.74, 6) is 0.401. The first kappa shape index (κ1) is 21.0. The molecule has 0 aliphatic rings. The molecule has 1 unspecified atom stereocenters. The van der Waals surface area contributed by atoms with E-state index in [0.29, 0.717) is 22.2 Å². The van der Waals surface area contributed by atoms with Gasteiger partial charge in [0.2, 0.25) is 0 Å². The molecule has 0 fully saturated rings. The largest absolute Gasteiger partial charge is 0.507 e. The Morgan fingerprint density at radius 2 is 1.72 bits per heavy atom. The van der Waals surface area contributed by atoms with E-state index in [2.05, 4.69) is 5.32 Å². The quantitative estimate of drug-likeness (QED) is 0.545. The van der Waals surface area contributed by atoms with Crippen LogP contribution in [0.4, 0.5) is 0 Å². The number of halogens is 2. The molecule has 4 nitrogen and oxygen atoms in total. The van der Waals surface area contributed by atoms with E-state index < -0.39 is 6.10 Å². The van der Waals surface area contributed by atoms with Crippen molar-refractivity contribution in [3.05, 3.63) is 81.8 Å². The van der Waals surface area contributed by atoms with Crippen LogP contribution in [0.1, 0.15) is 18.1 Å². The Balaban J connectivity index is 1.86. The maximum absolute atomic E-state index is 11.6. The van der Waals surface area contributed by atoms with Crippen LogP contribution in [0.5, 0.6) is 11.5 Å². The number of ether oxygens (including phenoxy) is 1. The van der Waals surface area contributed by atoms with Gasteiger partial charge in [0, 0.05) is 29.1 Å². The summed E-state index contributed by atoms with van der Waals surface area (Å²) in [4.78, 5) is 11.6. The monoisotopic (exact) mass is 429 g/mol. The second-order valence-corrected chi connectivity index (χ2v) is 7.45. The normalized spacial score (nSPS) is 11.7. The van der Waals surface area contributed by atoms with E-state index >= 15 is 0 Å². The van der Waals surface area contributed by atoms with Crippen molar-refractivity contribution in [1.82, 2.24) is 5.32 Å². The van der Waals surface area contributed by atoms with Crippen molar-refractivity contribution < 1.29 is 14.6 Å². The maximum atomic E-state index is 11.6. The van der Waals surface area contributed by atoms with Gasteiger partial charge in [-0.1, -0.05) is 59.6 Å². The average molecular weight is 430 g/mol. The van der Waals surface area contributed by atoms with Gasteiger partial charge in [-0.25, -0.2) is 0 Å². The molecule has 3 aromatic carbocycles. The van der Waals surface area contributed by atoms with Crippen LogP contribution in [0.2, 0.25) is 10.0 Å². The van der Waals surface area contributed by atoms with Crippen molar-refractivity contribution in [1.29, 1.82) is 0 Å². The van der Waals surface area contributed by atoms with Crippen LogP contribution >= 0.6 is 23.2 Å². The lowest BCUT2D eigenvalue weighted by atomic mass is 9.98. The number of carbonyl (C=O) groups is 1. The van der Waals surface area contributed by atoms with Crippen LogP contribution < -0.4 is 10.1 Å². The standard InChI is InChI=1S/C23H21Cl2NO3/c1-14(23(28)26-2)29-17-12-20(24)19(21(25)13-17)11-15-8-9-22(27)18(10-15)16-6-4-3-5-7-16/h3-10,12-14,27H,11H2,1-2H3,(H,26,28). The zero-order valence-electron chi connectivity index (χ0n) is 16.1. The minimum atomic E-state index is -0.663. The van der Waals surface area contributed by atoms with Gasteiger partial charge in [-0.05, 0) is 47.9 Å². The van der Waals surface area contributed by atoms with Gasteiger partial charge in [0.15, 0.2) is 6.10 Å². The molecule has 0 aliphatic heterocycles. The number of carbonyl (C=O) groups excluding carboxylic acids is 1. The van der Waals surface area contributed by atoms with E-state index in [0.717, 1.165) is 22.3 Å². The van der Waals surface area contributed by atoms with Gasteiger partial charge in [-0.15, -0.1) is 0 Å². The number of benzene rings is 3. The summed E-state index contributed by atoms with van der Waals surface area (Å²) in [5, 5.41) is 13.7. The molecule has 0 aromatic heterocycles. The van der Waals surface area contributed by atoms with E-state index in [-0.39, 0.29) is 11.7 Å². The number of likely N-dealkylation sites (N-methyl/N-ethyl adjacent to an activating group) is 1. The summed E-state index contributed by atoms with van der Waals surface area (Å²) in [5.41, 5.74) is 3.38. The van der Waals surface area contributed by atoms with E-state index in [9.17, 15) is 9.90 Å². The molecule has 29 heavy (non-hydrogen) atoms. The Labute approximate surface area is 180 Å². The number of nitrogens with one attached hydrogen (secondary N) is 1. The smallest absolute Gasteiger partial charge is 0.260 e. The molecule has 2 N–H and O–H groups in total. The summed E-state index contributed by atoms with van der Waals surface area (Å²) in [6.07, 6.45) is -0.174. The fraction of sp³-hybridized carbons (Fsp3) is 0.174. The molecule has 1 atom stereocenters. The van der Waals surface area contributed by atoms with Gasteiger partial charge in [-0.3, -0.25) is 4.79 Å². The van der Waals surface area contributed by atoms with Crippen LogP contribution in [-0.4, -0.2) is 24.2 Å². The number of rotatable bonds is 6. The second-order valence-electron chi connectivity index (χ2n) is 6.63. The zero-order chi connectivity index (χ0) is 21.0. The van der Waals surface area contributed by atoms with Crippen molar-refractivity contribution in [3.8, 4) is 22.6 Å². The Morgan fingerprint density at radius 3 is 2.34 bits per heavy atom. The lowest BCUT2D eigenvalue weighted by Crippen LogP contribution is -2.33. The number of hydrogen-bond acceptors (Lipinski definition) is 3. The second kappa shape index (κ2) is 9.21. The molecule has 150 valence electrons. The molecule has 3 rings (SSSR count). The summed E-state index contributed by atoms with van der Waals surface area (Å²) in [6.45, 7) is 1.65. The number of hydrogen-bond donors (Lipinski definition) is 2. The van der Waals surface area contributed by atoms with E-state index in [1.807, 2.05) is 42.5 Å². The first-order chi connectivity index (χ1) is 13.9. The molecule has 0 bridgehead atoms. The molecule has 1 amide bonds. The van der Waals surface area contributed by atoms with Crippen LogP contribution in [-0.2, 0) is 11.2 Å². The summed E-state index contributed by atoms with van der Waals surface area (Å²) >= 11 is 12.9. The van der Waals surface area contributed by atoms with E-state index in [1.165, 1.54) is 0 Å². The highest BCUT2D eigenvalue weighted by Gasteiger charge is 2.16. The highest BCUT2D eigenvalue weighted by atomic mass is 35.5. The molecule has 6 heteroatoms. The Kier molecular flexibility index (Phi) is 6.68. The maximum Gasteiger partial charge on any atom is 0.260 e. The van der Waals surface area contributed by atoms with Gasteiger partial charge >= 0.3 is 0 Å². The SMILES string of the molecule is CNC(=O)C(C)Oc1cc(Cl)c(Cc2ccc(O)c(-c3ccccc3)c2)c(Cl)c1. The highest BCUT2D eigenvalue weighted by molar-refractivity contribution is 6.36. The molecule has 0 spiro atoms. The minimum Gasteiger partial charge on any atom is -0.507 e. The van der Waals surface area contributed by atoms with Crippen LogP contribution in [0.25, 0.3) is 11.1 Å². The van der Waals surface area contributed by atoms with Gasteiger partial charge in [0.25, 0.3) is 5.91 Å². The summed E-state index contributed by atoms with van der Waals surface area (Å²) in [6, 6.07) is 18.4. The number of aromatic hydroxyl groups is 1. The summed E-state index contributed by atoms with van der Waals surface area (Å²) < 4.78 is 5.61. The van der Waals surface area contributed by atoms with Crippen molar-refractivity contribution in [2.75, 3.05) is 7.05 Å². The van der Waals surface area contributed by atoms with Crippen molar-refractivity contribution in [2.45, 2.75) is 19.4 Å². The van der Waals surface area contributed by atoms with Gasteiger partial charge in [-0.2, -0.15) is 0 Å². The topological polar surface area (TPSA) is 58.6 Å². The van der Waals surface area contributed by atoms with Crippen LogP contribution in [0, 0.1) is 0 Å². The van der Waals surface area contributed by atoms with Crippen LogP contribution in [0.15, 0.2) is 60.7 Å². The molecule has 0 heterocycles. The predicted octanol–water partition coefficient (Wildman–Crippen LogP) is 5.47. The summed E-state index contributed by atoms with van der Waals surface area (Å²) in [7, 11) is 1.55. The van der Waals surface area contributed by atoms with Gasteiger partial charge < -0.3 is 15.2 Å². The molecular weight excluding hydrogens is 409 g/mol. The van der Waals surface area contributed by atoms with Crippen molar-refractivity contribution >= 4 is 29.1 Å². The minimum absolute atomic E-state index is 0.212. The number of amides is 1. The van der Waals surface area contributed by atoms with Crippen molar-refractivity contribution in [2.24, 2.45) is 0 Å². The first-order valence-corrected chi connectivity index (χ1v) is 9.88. The third-order valence-corrected chi connectivity index (χ3v) is 5.24. The number of phenolic OH excluding ortho intramolecular Hbond substituents is 1. The Morgan fingerprint density at radius 1 is 1.07 bits per heavy atom. The fourth-order valence-corrected chi connectivity index (χ4v) is 3.62. The van der Waals surface area contributed by atoms with E-state index in [1.54, 1.807) is 32.2 Å². The van der Waals surface area contributed by atoms with Gasteiger partial charge in [0.1, 0.15) is 11.5 Å². The third-order valence-electron chi connectivity index (χ3n) is 4.57. The first-order valence-electron chi connectivity index (χ1n) is 9.12. The lowest BCUT2D eigenvalue weighted by Gasteiger charge is -2.16. The number of phenols is 1. The molecule has 3 aromatic rings. The average Bonchev–Trinajstić information content (AvgIpc) is 2.71. The van der Waals surface area contributed by atoms with Gasteiger partial charge in [0.05, 0.1) is 0 Å². The van der Waals surface area contributed by atoms with Crippen molar-refractivity contribution in [3.63, 3.8) is 0 Å². The highest BCUT2D eigenvalue weighted by Crippen LogP contribution is 2.35. The third kappa shape index (κ3) is 5.03. The van der Waals surface area contributed by atoms with E-state index in [4.69, 9.17) is 27.9 Å². The molecule has 0 radical (unpaired) electrons. The molecule has 0 saturated carbocycles. The fourth-order valence-electron chi connectivity index (χ4n) is 3.02. The Hall–Kier alpha value is -2.69. The molecule has 0 aliphatic carbocycles. The zero-order valence-corrected chi connectivity index (χ0v) is 17.6.